The Labute approximate surface area is 162 Å². The Morgan fingerprint density at radius 1 is 1.11 bits per heavy atom. The number of hydrogen-bond acceptors (Lipinski definition) is 8. The monoisotopic (exact) mass is 381 g/mol. The van der Waals surface area contributed by atoms with Crippen molar-refractivity contribution >= 4 is 28.7 Å². The van der Waals surface area contributed by atoms with Gasteiger partial charge >= 0.3 is 5.97 Å². The second-order valence-electron chi connectivity index (χ2n) is 5.71. The highest BCUT2D eigenvalue weighted by Crippen LogP contribution is 2.24. The van der Waals surface area contributed by atoms with Crippen LogP contribution in [0.5, 0.6) is 0 Å². The van der Waals surface area contributed by atoms with Crippen molar-refractivity contribution in [2.75, 3.05) is 25.1 Å². The maximum Gasteiger partial charge on any atom is 0.307 e. The zero-order valence-electron chi connectivity index (χ0n) is 15.3. The first-order chi connectivity index (χ1) is 13.5. The van der Waals surface area contributed by atoms with Crippen molar-refractivity contribution in [2.45, 2.75) is 12.8 Å². The lowest BCUT2D eigenvalue weighted by molar-refractivity contribution is -0.384. The lowest BCUT2D eigenvalue weighted by Gasteiger charge is -2.23. The number of non-ortho nitro benzene ring substituents is 1. The average Bonchev–Trinajstić information content (AvgIpc) is 2.73. The summed E-state index contributed by atoms with van der Waals surface area (Å²) in [7, 11) is 1.34. The lowest BCUT2D eigenvalue weighted by atomic mass is 10.2. The number of carbonyl (C=O) groups excluding carboxylic acids is 1. The molecule has 0 aliphatic heterocycles. The van der Waals surface area contributed by atoms with Crippen LogP contribution < -0.4 is 4.90 Å². The molecule has 0 unspecified atom stereocenters. The van der Waals surface area contributed by atoms with E-state index in [1.165, 1.54) is 31.4 Å². The molecule has 0 aliphatic carbocycles. The number of nitriles is 1. The van der Waals surface area contributed by atoms with Crippen LogP contribution in [0.25, 0.3) is 0 Å². The van der Waals surface area contributed by atoms with Gasteiger partial charge < -0.3 is 9.64 Å². The first-order valence-electron chi connectivity index (χ1n) is 8.48. The molecule has 0 amide bonds. The van der Waals surface area contributed by atoms with E-state index in [0.717, 1.165) is 5.69 Å². The number of benzene rings is 2. The third-order valence-electron chi connectivity index (χ3n) is 3.86. The maximum atomic E-state index is 11.4. The quantitative estimate of drug-likeness (QED) is 0.276. The van der Waals surface area contributed by atoms with Crippen LogP contribution in [0.1, 0.15) is 12.8 Å². The molecule has 0 aromatic heterocycles. The molecule has 0 radical (unpaired) electrons. The summed E-state index contributed by atoms with van der Waals surface area (Å²) >= 11 is 0. The van der Waals surface area contributed by atoms with Crippen LogP contribution in [0.15, 0.2) is 58.8 Å². The van der Waals surface area contributed by atoms with Gasteiger partial charge in [-0.3, -0.25) is 14.9 Å². The first kappa shape index (κ1) is 20.5. The highest BCUT2D eigenvalue weighted by atomic mass is 16.6. The van der Waals surface area contributed by atoms with Crippen molar-refractivity contribution in [3.05, 3.63) is 58.6 Å². The number of esters is 1. The second kappa shape index (κ2) is 10.4. The van der Waals surface area contributed by atoms with Crippen LogP contribution in [0, 0.1) is 21.4 Å². The minimum absolute atomic E-state index is 0.00674. The molecule has 0 saturated heterocycles. The summed E-state index contributed by atoms with van der Waals surface area (Å²) < 4.78 is 4.66. The Morgan fingerprint density at radius 2 is 1.68 bits per heavy atom. The van der Waals surface area contributed by atoms with E-state index in [0.29, 0.717) is 30.9 Å². The van der Waals surface area contributed by atoms with Crippen molar-refractivity contribution in [3.8, 4) is 6.07 Å². The van der Waals surface area contributed by atoms with Crippen molar-refractivity contribution in [1.29, 1.82) is 5.26 Å². The van der Waals surface area contributed by atoms with E-state index < -0.39 is 4.92 Å². The van der Waals surface area contributed by atoms with Crippen LogP contribution >= 0.6 is 0 Å². The van der Waals surface area contributed by atoms with Gasteiger partial charge in [0, 0.05) is 30.9 Å². The fourth-order valence-electron chi connectivity index (χ4n) is 2.37. The van der Waals surface area contributed by atoms with Gasteiger partial charge in [-0.1, -0.05) is 0 Å². The van der Waals surface area contributed by atoms with Gasteiger partial charge in [0.1, 0.15) is 0 Å². The minimum Gasteiger partial charge on any atom is -0.469 e. The van der Waals surface area contributed by atoms with E-state index in [1.54, 1.807) is 12.1 Å². The van der Waals surface area contributed by atoms with Crippen molar-refractivity contribution in [1.82, 2.24) is 0 Å². The molecule has 2 aromatic carbocycles. The topological polar surface area (TPSA) is 121 Å². The van der Waals surface area contributed by atoms with Crippen LogP contribution in [0.3, 0.4) is 0 Å². The number of carbonyl (C=O) groups is 1. The van der Waals surface area contributed by atoms with Crippen LogP contribution in [-0.2, 0) is 9.53 Å². The number of methoxy groups -OCH3 is 1. The zero-order chi connectivity index (χ0) is 20.4. The number of azo groups is 1. The Kier molecular flexibility index (Phi) is 7.60. The molecule has 2 aromatic rings. The molecule has 28 heavy (non-hydrogen) atoms. The number of nitro benzene ring substituents is 1. The Hall–Kier alpha value is -3.80. The van der Waals surface area contributed by atoms with Crippen LogP contribution in [0.2, 0.25) is 0 Å². The summed E-state index contributed by atoms with van der Waals surface area (Å²) in [5, 5.41) is 27.6. The van der Waals surface area contributed by atoms with Crippen LogP contribution in [-0.4, -0.2) is 31.1 Å². The zero-order valence-corrected chi connectivity index (χ0v) is 15.3. The van der Waals surface area contributed by atoms with Crippen molar-refractivity contribution < 1.29 is 14.5 Å². The number of nitro groups is 1. The molecular weight excluding hydrogens is 362 g/mol. The average molecular weight is 381 g/mol. The minimum atomic E-state index is -0.474. The molecular formula is C19H19N5O4. The predicted molar refractivity (Wildman–Crippen MR) is 103 cm³/mol. The van der Waals surface area contributed by atoms with Gasteiger partial charge in [0.05, 0.1) is 42.3 Å². The number of anilines is 1. The molecule has 0 spiro atoms. The SMILES string of the molecule is COC(=O)CCN(CCC#N)c1ccc(N=Nc2ccc([N+](=O)[O-])cc2)cc1. The summed E-state index contributed by atoms with van der Waals surface area (Å²) in [5.74, 6) is -0.310. The van der Waals surface area contributed by atoms with E-state index in [4.69, 9.17) is 5.26 Å². The van der Waals surface area contributed by atoms with E-state index in [9.17, 15) is 14.9 Å². The predicted octanol–water partition coefficient (Wildman–Crippen LogP) is 4.29. The maximum absolute atomic E-state index is 11.4. The summed E-state index contributed by atoms with van der Waals surface area (Å²) in [6.07, 6.45) is 0.562. The Bertz CT molecular complexity index is 873. The summed E-state index contributed by atoms with van der Waals surface area (Å²) in [6.45, 7) is 0.940. The van der Waals surface area contributed by atoms with Gasteiger partial charge in [-0.05, 0) is 36.4 Å². The smallest absolute Gasteiger partial charge is 0.307 e. The van der Waals surface area contributed by atoms with Gasteiger partial charge in [-0.25, -0.2) is 0 Å². The van der Waals surface area contributed by atoms with Gasteiger partial charge in [-0.15, -0.1) is 0 Å². The van der Waals surface area contributed by atoms with Crippen LogP contribution in [0.4, 0.5) is 22.7 Å². The van der Waals surface area contributed by atoms with Gasteiger partial charge in [0.15, 0.2) is 0 Å². The van der Waals surface area contributed by atoms with E-state index >= 15 is 0 Å². The molecule has 0 aliphatic rings. The van der Waals surface area contributed by atoms with E-state index in [2.05, 4.69) is 21.0 Å². The standard InChI is InChI=1S/C19H19N5O4/c1-28-19(25)11-14-23(13-2-12-20)17-7-3-15(4-8-17)21-22-16-5-9-18(10-6-16)24(26)27/h3-10H,2,11,13-14H2,1H3. The third-order valence-corrected chi connectivity index (χ3v) is 3.86. The number of nitrogens with zero attached hydrogens (tertiary/aromatic N) is 5. The second-order valence-corrected chi connectivity index (χ2v) is 5.71. The largest absolute Gasteiger partial charge is 0.469 e. The van der Waals surface area contributed by atoms with E-state index in [-0.39, 0.29) is 18.1 Å². The first-order valence-corrected chi connectivity index (χ1v) is 8.48. The molecule has 0 heterocycles. The molecule has 0 bridgehead atoms. The van der Waals surface area contributed by atoms with Crippen molar-refractivity contribution in [2.24, 2.45) is 10.2 Å². The number of hydrogen-bond donors (Lipinski definition) is 0. The Balaban J connectivity index is 2.05. The lowest BCUT2D eigenvalue weighted by Crippen LogP contribution is -2.27. The highest BCUT2D eigenvalue weighted by Gasteiger charge is 2.09. The molecule has 0 N–H and O–H groups in total. The molecule has 0 fully saturated rings. The third kappa shape index (κ3) is 6.17. The fourth-order valence-corrected chi connectivity index (χ4v) is 2.37. The van der Waals surface area contributed by atoms with Gasteiger partial charge in [0.25, 0.3) is 5.69 Å². The summed E-state index contributed by atoms with van der Waals surface area (Å²) in [4.78, 5) is 23.5. The molecule has 0 atom stereocenters. The Morgan fingerprint density at radius 3 is 2.18 bits per heavy atom. The van der Waals surface area contributed by atoms with Gasteiger partial charge in [0.2, 0.25) is 0 Å². The normalized spacial score (nSPS) is 10.4. The molecule has 144 valence electrons. The molecule has 9 heteroatoms. The van der Waals surface area contributed by atoms with Gasteiger partial charge in [-0.2, -0.15) is 15.5 Å². The highest BCUT2D eigenvalue weighted by molar-refractivity contribution is 5.70. The van der Waals surface area contributed by atoms with E-state index in [1.807, 2.05) is 17.0 Å². The molecule has 2 rings (SSSR count). The summed E-state index contributed by atoms with van der Waals surface area (Å²) in [6, 6.07) is 15.1. The molecule has 0 saturated carbocycles. The van der Waals surface area contributed by atoms with Crippen molar-refractivity contribution in [3.63, 3.8) is 0 Å². The number of rotatable bonds is 9. The number of ether oxygens (including phenoxy) is 1. The molecule has 9 nitrogen and oxygen atoms in total. The summed E-state index contributed by atoms with van der Waals surface area (Å²) in [5.41, 5.74) is 1.96. The fraction of sp³-hybridized carbons (Fsp3) is 0.263.